The van der Waals surface area contributed by atoms with Crippen LogP contribution in [0.5, 0.6) is 0 Å². The van der Waals surface area contributed by atoms with Gasteiger partial charge in [0.15, 0.2) is 0 Å². The minimum Gasteiger partial charge on any atom is -0.322 e. The number of hydrogen-bond acceptors (Lipinski definition) is 3. The topological polar surface area (TPSA) is 67.6 Å². The molecule has 3 aromatic rings. The molecule has 2 heterocycles. The molecule has 0 spiro atoms. The van der Waals surface area contributed by atoms with Gasteiger partial charge in [-0.05, 0) is 24.1 Å². The normalized spacial score (nSPS) is 13.4. The monoisotopic (exact) mass is 340 g/mol. The Morgan fingerprint density at radius 3 is 2.52 bits per heavy atom. The molecule has 8 heteroatoms. The second kappa shape index (κ2) is 5.82. The summed E-state index contributed by atoms with van der Waals surface area (Å²) in [6, 6.07) is 4.46. The third-order valence-electron chi connectivity index (χ3n) is 3.55. The number of halogens is 4. The second-order valence-electron chi connectivity index (χ2n) is 5.16. The third kappa shape index (κ3) is 3.16. The van der Waals surface area contributed by atoms with Crippen molar-refractivity contribution in [1.29, 1.82) is 0 Å². The van der Waals surface area contributed by atoms with Crippen LogP contribution in [-0.2, 0) is 12.6 Å². The zero-order chi connectivity index (χ0) is 16.6. The average Bonchev–Trinajstić information content (AvgIpc) is 2.92. The fourth-order valence-electron chi connectivity index (χ4n) is 2.41. The number of fused-ring (bicyclic) bond motifs is 1. The first-order valence-electron chi connectivity index (χ1n) is 6.75. The molecule has 3 rings (SSSR count). The largest absolute Gasteiger partial charge is 0.416 e. The predicted molar refractivity (Wildman–Crippen MR) is 81.0 cm³/mol. The lowest BCUT2D eigenvalue weighted by atomic mass is 10.0. The summed E-state index contributed by atoms with van der Waals surface area (Å²) in [6.45, 7) is 0. The number of hydrogen-bond donors (Lipinski definition) is 2. The lowest BCUT2D eigenvalue weighted by Gasteiger charge is -2.12. The third-order valence-corrected chi connectivity index (χ3v) is 3.84. The van der Waals surface area contributed by atoms with E-state index in [0.29, 0.717) is 33.6 Å². The van der Waals surface area contributed by atoms with Crippen LogP contribution in [0.25, 0.3) is 10.9 Å². The van der Waals surface area contributed by atoms with Crippen LogP contribution >= 0.6 is 11.6 Å². The zero-order valence-corrected chi connectivity index (χ0v) is 12.5. The van der Waals surface area contributed by atoms with Gasteiger partial charge in [0.1, 0.15) is 5.52 Å². The summed E-state index contributed by atoms with van der Waals surface area (Å²) < 4.78 is 37.7. The highest BCUT2D eigenvalue weighted by Crippen LogP contribution is 2.31. The lowest BCUT2D eigenvalue weighted by Crippen LogP contribution is -2.14. The van der Waals surface area contributed by atoms with E-state index in [1.165, 1.54) is 18.3 Å². The molecule has 0 aliphatic rings. The maximum Gasteiger partial charge on any atom is 0.416 e. The summed E-state index contributed by atoms with van der Waals surface area (Å²) in [5.74, 6) is 0. The number of rotatable bonds is 3. The molecule has 2 aromatic heterocycles. The summed E-state index contributed by atoms with van der Waals surface area (Å²) >= 11 is 6.12. The smallest absolute Gasteiger partial charge is 0.322 e. The molecule has 0 amide bonds. The predicted octanol–water partition coefficient (Wildman–Crippen LogP) is 3.87. The number of aromatic amines is 1. The highest BCUT2D eigenvalue weighted by Gasteiger charge is 2.30. The van der Waals surface area contributed by atoms with Gasteiger partial charge in [-0.1, -0.05) is 23.7 Å². The van der Waals surface area contributed by atoms with Gasteiger partial charge in [-0.2, -0.15) is 18.3 Å². The maximum atomic E-state index is 12.6. The molecule has 3 N–H and O–H groups in total. The van der Waals surface area contributed by atoms with Gasteiger partial charge < -0.3 is 5.73 Å². The zero-order valence-electron chi connectivity index (χ0n) is 11.7. The summed E-state index contributed by atoms with van der Waals surface area (Å²) in [6.07, 6.45) is -0.936. The van der Waals surface area contributed by atoms with Gasteiger partial charge in [0.25, 0.3) is 0 Å². The molecule has 4 nitrogen and oxygen atoms in total. The Labute approximate surface area is 134 Å². The Bertz CT molecular complexity index is 827. The van der Waals surface area contributed by atoms with E-state index in [-0.39, 0.29) is 0 Å². The molecule has 23 heavy (non-hydrogen) atoms. The molecule has 0 aliphatic heterocycles. The van der Waals surface area contributed by atoms with Crippen molar-refractivity contribution in [3.8, 4) is 0 Å². The van der Waals surface area contributed by atoms with Gasteiger partial charge in [0.2, 0.25) is 0 Å². The summed E-state index contributed by atoms with van der Waals surface area (Å²) in [5, 5.41) is 8.03. The SMILES string of the molecule is NC(Cc1ccc(C(F)(F)F)cc1)c1[nH]nc2cncc(Cl)c12. The quantitative estimate of drug-likeness (QED) is 0.760. The molecular weight excluding hydrogens is 329 g/mol. The van der Waals surface area contributed by atoms with Crippen LogP contribution in [0.3, 0.4) is 0 Å². The van der Waals surface area contributed by atoms with Gasteiger partial charge in [-0.25, -0.2) is 0 Å². The molecule has 0 fully saturated rings. The van der Waals surface area contributed by atoms with E-state index in [2.05, 4.69) is 15.2 Å². The number of nitrogens with two attached hydrogens (primary N) is 1. The molecule has 1 aromatic carbocycles. The number of alkyl halides is 3. The number of aromatic nitrogens is 3. The van der Waals surface area contributed by atoms with Crippen LogP contribution in [0.1, 0.15) is 22.9 Å². The van der Waals surface area contributed by atoms with Crippen LogP contribution in [0, 0.1) is 0 Å². The summed E-state index contributed by atoms with van der Waals surface area (Å²) in [4.78, 5) is 3.94. The first-order chi connectivity index (χ1) is 10.9. The van der Waals surface area contributed by atoms with Gasteiger partial charge in [-0.15, -0.1) is 0 Å². The van der Waals surface area contributed by atoms with E-state index >= 15 is 0 Å². The number of nitrogens with one attached hydrogen (secondary N) is 1. The van der Waals surface area contributed by atoms with Crippen LogP contribution in [-0.4, -0.2) is 15.2 Å². The van der Waals surface area contributed by atoms with E-state index < -0.39 is 17.8 Å². The highest BCUT2D eigenvalue weighted by molar-refractivity contribution is 6.35. The Balaban J connectivity index is 1.85. The summed E-state index contributed by atoms with van der Waals surface area (Å²) in [7, 11) is 0. The molecule has 0 saturated carbocycles. The van der Waals surface area contributed by atoms with Crippen LogP contribution in [0.15, 0.2) is 36.7 Å². The maximum absolute atomic E-state index is 12.6. The van der Waals surface area contributed by atoms with Crippen molar-refractivity contribution >= 4 is 22.5 Å². The van der Waals surface area contributed by atoms with Gasteiger partial charge in [0, 0.05) is 11.6 Å². The van der Waals surface area contributed by atoms with Crippen LogP contribution in [0.2, 0.25) is 5.02 Å². The molecular formula is C15H12ClF3N4. The van der Waals surface area contributed by atoms with Gasteiger partial charge >= 0.3 is 6.18 Å². The van der Waals surface area contributed by atoms with Crippen molar-refractivity contribution in [1.82, 2.24) is 15.2 Å². The summed E-state index contributed by atoms with van der Waals surface area (Å²) in [5.41, 5.74) is 7.39. The molecule has 0 aliphatic carbocycles. The Morgan fingerprint density at radius 2 is 1.87 bits per heavy atom. The minimum atomic E-state index is -4.35. The van der Waals surface area contributed by atoms with Crippen molar-refractivity contribution in [2.45, 2.75) is 18.6 Å². The Hall–Kier alpha value is -2.12. The molecule has 0 radical (unpaired) electrons. The molecule has 1 unspecified atom stereocenters. The average molecular weight is 341 g/mol. The second-order valence-corrected chi connectivity index (χ2v) is 5.57. The number of benzene rings is 1. The van der Waals surface area contributed by atoms with E-state index in [1.807, 2.05) is 0 Å². The molecule has 0 bridgehead atoms. The van der Waals surface area contributed by atoms with E-state index in [0.717, 1.165) is 12.1 Å². The van der Waals surface area contributed by atoms with Crippen LogP contribution in [0.4, 0.5) is 13.2 Å². The highest BCUT2D eigenvalue weighted by atomic mass is 35.5. The Morgan fingerprint density at radius 1 is 1.17 bits per heavy atom. The van der Waals surface area contributed by atoms with E-state index in [4.69, 9.17) is 17.3 Å². The van der Waals surface area contributed by atoms with Crippen molar-refractivity contribution in [2.24, 2.45) is 5.73 Å². The van der Waals surface area contributed by atoms with Crippen molar-refractivity contribution in [3.05, 3.63) is 58.5 Å². The van der Waals surface area contributed by atoms with E-state index in [9.17, 15) is 13.2 Å². The fourth-order valence-corrected chi connectivity index (χ4v) is 2.66. The number of pyridine rings is 1. The standard InChI is InChI=1S/C15H12ClF3N4/c16-10-6-21-7-12-13(10)14(23-22-12)11(20)5-8-1-3-9(4-2-8)15(17,18)19/h1-4,6-7,11H,5,20H2,(H,22,23). The van der Waals surface area contributed by atoms with Crippen molar-refractivity contribution in [3.63, 3.8) is 0 Å². The van der Waals surface area contributed by atoms with Gasteiger partial charge in [0.05, 0.1) is 28.5 Å². The molecule has 1 atom stereocenters. The van der Waals surface area contributed by atoms with E-state index in [1.54, 1.807) is 6.20 Å². The van der Waals surface area contributed by atoms with Gasteiger partial charge in [-0.3, -0.25) is 10.1 Å². The fraction of sp³-hybridized carbons (Fsp3) is 0.200. The first kappa shape index (κ1) is 15.8. The van der Waals surface area contributed by atoms with Crippen molar-refractivity contribution in [2.75, 3.05) is 0 Å². The van der Waals surface area contributed by atoms with Crippen molar-refractivity contribution < 1.29 is 13.2 Å². The Kier molecular flexibility index (Phi) is 3.99. The number of nitrogens with zero attached hydrogens (tertiary/aromatic N) is 2. The lowest BCUT2D eigenvalue weighted by molar-refractivity contribution is -0.137. The first-order valence-corrected chi connectivity index (χ1v) is 7.13. The molecule has 120 valence electrons. The van der Waals surface area contributed by atoms with Crippen LogP contribution < -0.4 is 5.73 Å². The minimum absolute atomic E-state index is 0.355. The number of H-pyrrole nitrogens is 1. The molecule has 0 saturated heterocycles.